The Bertz CT molecular complexity index is 909. The van der Waals surface area contributed by atoms with Gasteiger partial charge in [0, 0.05) is 31.7 Å². The first-order chi connectivity index (χ1) is 13.4. The summed E-state index contributed by atoms with van der Waals surface area (Å²) < 4.78 is 6.12. The van der Waals surface area contributed by atoms with Gasteiger partial charge in [-0.15, -0.1) is 0 Å². The average molecular weight is 378 g/mol. The van der Waals surface area contributed by atoms with Gasteiger partial charge in [0.15, 0.2) is 5.75 Å². The Labute approximate surface area is 165 Å². The van der Waals surface area contributed by atoms with Crippen molar-refractivity contribution < 1.29 is 9.53 Å². The van der Waals surface area contributed by atoms with E-state index in [-0.39, 0.29) is 11.6 Å². The van der Waals surface area contributed by atoms with Gasteiger partial charge in [0.25, 0.3) is 0 Å². The van der Waals surface area contributed by atoms with E-state index in [0.717, 1.165) is 41.7 Å². The summed E-state index contributed by atoms with van der Waals surface area (Å²) in [4.78, 5) is 21.5. The molecule has 6 nitrogen and oxygen atoms in total. The van der Waals surface area contributed by atoms with Gasteiger partial charge in [0.2, 0.25) is 0 Å². The monoisotopic (exact) mass is 378 g/mol. The van der Waals surface area contributed by atoms with Crippen molar-refractivity contribution in [1.82, 2.24) is 15.1 Å². The van der Waals surface area contributed by atoms with Crippen LogP contribution in [0.4, 0.5) is 10.5 Å². The van der Waals surface area contributed by atoms with E-state index in [0.29, 0.717) is 13.1 Å². The lowest BCUT2D eigenvalue weighted by Gasteiger charge is -2.37. The van der Waals surface area contributed by atoms with Crippen LogP contribution >= 0.6 is 0 Å². The van der Waals surface area contributed by atoms with Gasteiger partial charge in [-0.2, -0.15) is 0 Å². The summed E-state index contributed by atoms with van der Waals surface area (Å²) in [5.74, 6) is 2.46. The highest BCUT2D eigenvalue weighted by molar-refractivity contribution is 6.03. The molecule has 4 rings (SSSR count). The first-order valence-electron chi connectivity index (χ1n) is 9.68. The molecule has 28 heavy (non-hydrogen) atoms. The number of urea groups is 1. The van der Waals surface area contributed by atoms with Gasteiger partial charge in [0.05, 0.1) is 5.56 Å². The van der Waals surface area contributed by atoms with Gasteiger partial charge >= 0.3 is 6.03 Å². The number of fused-ring (bicyclic) bond motifs is 2. The first-order valence-corrected chi connectivity index (χ1v) is 9.68. The molecule has 2 aromatic carbocycles. The number of hydrogen-bond acceptors (Lipinski definition) is 4. The number of para-hydroxylation sites is 3. The molecule has 2 amide bonds. The first kappa shape index (κ1) is 18.3. The number of carbonyl (C=O) groups excluding carboxylic acids is 1. The van der Waals surface area contributed by atoms with Gasteiger partial charge in [-0.05, 0) is 45.0 Å². The number of amides is 2. The van der Waals surface area contributed by atoms with Crippen molar-refractivity contribution in [2.75, 3.05) is 26.2 Å². The summed E-state index contributed by atoms with van der Waals surface area (Å²) in [6.07, 6.45) is 0. The molecule has 6 heteroatoms. The zero-order chi connectivity index (χ0) is 19.7. The topological polar surface area (TPSA) is 57.2 Å². The number of nitrogens with zero attached hydrogens (tertiary/aromatic N) is 3. The standard InChI is InChI=1S/C22H26N4O2/c1-22(2,3)24-21(27)26-14-12-25(13-15-26)20-16-8-4-6-10-18(16)28-19-11-7-5-9-17(19)23-20/h4-11H,12-15H2,1-3H3,(H,24,27). The zero-order valence-corrected chi connectivity index (χ0v) is 16.6. The van der Waals surface area contributed by atoms with E-state index in [1.165, 1.54) is 0 Å². The Morgan fingerprint density at radius 2 is 1.61 bits per heavy atom. The lowest BCUT2D eigenvalue weighted by atomic mass is 10.1. The predicted octanol–water partition coefficient (Wildman–Crippen LogP) is 4.00. The second-order valence-electron chi connectivity index (χ2n) is 8.16. The lowest BCUT2D eigenvalue weighted by molar-refractivity contribution is 0.162. The smallest absolute Gasteiger partial charge is 0.317 e. The highest BCUT2D eigenvalue weighted by Gasteiger charge is 2.28. The van der Waals surface area contributed by atoms with Gasteiger partial charge in [-0.3, -0.25) is 0 Å². The quantitative estimate of drug-likeness (QED) is 0.754. The fourth-order valence-electron chi connectivity index (χ4n) is 3.43. The number of amidine groups is 1. The molecule has 146 valence electrons. The normalized spacial score (nSPS) is 16.3. The van der Waals surface area contributed by atoms with Crippen LogP contribution in [-0.4, -0.2) is 53.4 Å². The number of ether oxygens (including phenoxy) is 1. The second-order valence-corrected chi connectivity index (χ2v) is 8.16. The molecule has 2 aliphatic heterocycles. The molecule has 1 saturated heterocycles. The minimum Gasteiger partial charge on any atom is -0.454 e. The Hall–Kier alpha value is -3.02. The van der Waals surface area contributed by atoms with Gasteiger partial charge < -0.3 is 19.9 Å². The molecule has 2 aromatic rings. The SMILES string of the molecule is CC(C)(C)NC(=O)N1CCN(C2=Nc3ccccc3Oc3ccccc32)CC1. The van der Waals surface area contributed by atoms with Crippen LogP contribution in [0.25, 0.3) is 0 Å². The number of benzene rings is 2. The van der Waals surface area contributed by atoms with E-state index in [9.17, 15) is 4.79 Å². The number of nitrogens with one attached hydrogen (secondary N) is 1. The van der Waals surface area contributed by atoms with Crippen LogP contribution < -0.4 is 10.1 Å². The summed E-state index contributed by atoms with van der Waals surface area (Å²) in [7, 11) is 0. The van der Waals surface area contributed by atoms with Crippen LogP contribution in [0.3, 0.4) is 0 Å². The van der Waals surface area contributed by atoms with Gasteiger partial charge in [-0.1, -0.05) is 24.3 Å². The number of rotatable bonds is 0. The molecular formula is C22H26N4O2. The van der Waals surface area contributed by atoms with Gasteiger partial charge in [0.1, 0.15) is 17.3 Å². The molecule has 0 radical (unpaired) electrons. The Balaban J connectivity index is 1.57. The maximum Gasteiger partial charge on any atom is 0.317 e. The van der Waals surface area contributed by atoms with Crippen LogP contribution in [0.5, 0.6) is 11.5 Å². The van der Waals surface area contributed by atoms with Crippen molar-refractivity contribution in [2.45, 2.75) is 26.3 Å². The van der Waals surface area contributed by atoms with Crippen LogP contribution in [0.1, 0.15) is 26.3 Å². The highest BCUT2D eigenvalue weighted by Crippen LogP contribution is 2.37. The molecular weight excluding hydrogens is 352 g/mol. The fraction of sp³-hybridized carbons (Fsp3) is 0.364. The molecule has 0 aromatic heterocycles. The highest BCUT2D eigenvalue weighted by atomic mass is 16.5. The molecule has 0 aliphatic carbocycles. The average Bonchev–Trinajstić information content (AvgIpc) is 2.83. The number of carbonyl (C=O) groups is 1. The predicted molar refractivity (Wildman–Crippen MR) is 111 cm³/mol. The fourth-order valence-corrected chi connectivity index (χ4v) is 3.43. The molecule has 0 unspecified atom stereocenters. The van der Waals surface area contributed by atoms with E-state index in [4.69, 9.17) is 9.73 Å². The third-order valence-corrected chi connectivity index (χ3v) is 4.79. The van der Waals surface area contributed by atoms with Crippen molar-refractivity contribution in [3.63, 3.8) is 0 Å². The summed E-state index contributed by atoms with van der Waals surface area (Å²) in [5, 5.41) is 3.04. The molecule has 1 fully saturated rings. The van der Waals surface area contributed by atoms with E-state index in [1.54, 1.807) is 0 Å². The van der Waals surface area contributed by atoms with Crippen LogP contribution in [0, 0.1) is 0 Å². The maximum atomic E-state index is 12.5. The molecule has 2 aliphatic rings. The summed E-state index contributed by atoms with van der Waals surface area (Å²) in [5.41, 5.74) is 1.56. The van der Waals surface area contributed by atoms with Crippen LogP contribution in [0.2, 0.25) is 0 Å². The van der Waals surface area contributed by atoms with E-state index in [2.05, 4.69) is 10.2 Å². The number of hydrogen-bond donors (Lipinski definition) is 1. The maximum absolute atomic E-state index is 12.5. The van der Waals surface area contributed by atoms with Gasteiger partial charge in [-0.25, -0.2) is 9.79 Å². The molecule has 0 atom stereocenters. The lowest BCUT2D eigenvalue weighted by Crippen LogP contribution is -2.56. The Morgan fingerprint density at radius 1 is 0.964 bits per heavy atom. The molecule has 1 N–H and O–H groups in total. The van der Waals surface area contributed by atoms with E-state index in [1.807, 2.05) is 74.2 Å². The van der Waals surface area contributed by atoms with Crippen molar-refractivity contribution in [2.24, 2.45) is 4.99 Å². The molecule has 0 saturated carbocycles. The summed E-state index contributed by atoms with van der Waals surface area (Å²) in [6.45, 7) is 8.76. The van der Waals surface area contributed by atoms with Crippen molar-refractivity contribution in [3.05, 3.63) is 54.1 Å². The largest absolute Gasteiger partial charge is 0.454 e. The number of piperazine rings is 1. The zero-order valence-electron chi connectivity index (χ0n) is 16.6. The molecule has 0 spiro atoms. The van der Waals surface area contributed by atoms with Crippen LogP contribution in [-0.2, 0) is 0 Å². The van der Waals surface area contributed by atoms with Crippen molar-refractivity contribution >= 4 is 17.6 Å². The second kappa shape index (κ2) is 7.19. The van der Waals surface area contributed by atoms with E-state index >= 15 is 0 Å². The third kappa shape index (κ3) is 3.81. The van der Waals surface area contributed by atoms with Crippen molar-refractivity contribution in [3.8, 4) is 11.5 Å². The molecule has 2 heterocycles. The Morgan fingerprint density at radius 3 is 2.32 bits per heavy atom. The number of aliphatic imine (C=N–C) groups is 1. The Kier molecular flexibility index (Phi) is 4.71. The summed E-state index contributed by atoms with van der Waals surface area (Å²) >= 11 is 0. The molecule has 0 bridgehead atoms. The third-order valence-electron chi connectivity index (χ3n) is 4.79. The minimum absolute atomic E-state index is 0.0102. The van der Waals surface area contributed by atoms with E-state index < -0.39 is 0 Å². The van der Waals surface area contributed by atoms with Crippen molar-refractivity contribution in [1.29, 1.82) is 0 Å². The minimum atomic E-state index is -0.237. The summed E-state index contributed by atoms with van der Waals surface area (Å²) in [6, 6.07) is 15.8. The van der Waals surface area contributed by atoms with Crippen LogP contribution in [0.15, 0.2) is 53.5 Å².